The number of benzene rings is 1. The number of carbonyl (C=O) groups excluding carboxylic acids is 1. The molecular weight excluding hydrogens is 294 g/mol. The van der Waals surface area contributed by atoms with Crippen molar-refractivity contribution in [2.45, 2.75) is 39.5 Å². The third kappa shape index (κ3) is 4.71. The predicted molar refractivity (Wildman–Crippen MR) is 88.5 cm³/mol. The maximum absolute atomic E-state index is 12.5. The minimum absolute atomic E-state index is 0.224. The molecule has 1 saturated carbocycles. The van der Waals surface area contributed by atoms with Crippen molar-refractivity contribution in [3.05, 3.63) is 24.3 Å². The summed E-state index contributed by atoms with van der Waals surface area (Å²) in [5, 5.41) is 12.2. The highest BCUT2D eigenvalue weighted by Crippen LogP contribution is 2.32. The standard InChI is InChI=1S/C18H25NO4/c1-12(2)11-23-16-10-6-5-9-15(16)19-17(20)13-7-3-4-8-14(13)18(21)22/h5-6,9-10,12-14H,3-4,7-8,11H2,1-2H3,(H,19,20)(H,21,22)/t13-,14-/m0/s1. The number of hydrogen-bond acceptors (Lipinski definition) is 3. The Labute approximate surface area is 137 Å². The van der Waals surface area contributed by atoms with Crippen LogP contribution < -0.4 is 10.1 Å². The molecule has 1 aliphatic carbocycles. The fourth-order valence-corrected chi connectivity index (χ4v) is 2.92. The summed E-state index contributed by atoms with van der Waals surface area (Å²) in [7, 11) is 0. The Balaban J connectivity index is 2.08. The monoisotopic (exact) mass is 319 g/mol. The van der Waals surface area contributed by atoms with E-state index < -0.39 is 17.8 Å². The summed E-state index contributed by atoms with van der Waals surface area (Å²) in [4.78, 5) is 23.9. The SMILES string of the molecule is CC(C)COc1ccccc1NC(=O)[C@H]1CCCC[C@@H]1C(=O)O. The highest BCUT2D eigenvalue weighted by atomic mass is 16.5. The van der Waals surface area contributed by atoms with Gasteiger partial charge in [0.2, 0.25) is 5.91 Å². The Kier molecular flexibility index (Phi) is 6.02. The number of hydrogen-bond donors (Lipinski definition) is 2. The molecule has 0 bridgehead atoms. The van der Waals surface area contributed by atoms with Crippen molar-refractivity contribution in [3.8, 4) is 5.75 Å². The quantitative estimate of drug-likeness (QED) is 0.841. The Morgan fingerprint density at radius 3 is 2.52 bits per heavy atom. The van der Waals surface area contributed by atoms with Crippen LogP contribution in [0.2, 0.25) is 0 Å². The molecular formula is C18H25NO4. The summed E-state index contributed by atoms with van der Waals surface area (Å²) >= 11 is 0. The first kappa shape index (κ1) is 17.3. The molecule has 1 aromatic rings. The number of aliphatic carboxylic acids is 1. The van der Waals surface area contributed by atoms with Gasteiger partial charge in [0.25, 0.3) is 0 Å². The summed E-state index contributed by atoms with van der Waals surface area (Å²) in [6, 6.07) is 7.28. The van der Waals surface area contributed by atoms with Gasteiger partial charge in [0.1, 0.15) is 5.75 Å². The zero-order chi connectivity index (χ0) is 16.8. The second kappa shape index (κ2) is 7.99. The first-order valence-electron chi connectivity index (χ1n) is 8.24. The Hall–Kier alpha value is -2.04. The summed E-state index contributed by atoms with van der Waals surface area (Å²) < 4.78 is 5.73. The van der Waals surface area contributed by atoms with Gasteiger partial charge in [-0.25, -0.2) is 0 Å². The zero-order valence-electron chi connectivity index (χ0n) is 13.7. The van der Waals surface area contributed by atoms with Gasteiger partial charge in [0.15, 0.2) is 0 Å². The van der Waals surface area contributed by atoms with Crippen LogP contribution >= 0.6 is 0 Å². The highest BCUT2D eigenvalue weighted by molar-refractivity contribution is 5.96. The number of para-hydroxylation sites is 2. The fraction of sp³-hybridized carbons (Fsp3) is 0.556. The minimum atomic E-state index is -0.880. The molecule has 2 N–H and O–H groups in total. The van der Waals surface area contributed by atoms with E-state index in [0.29, 0.717) is 36.8 Å². The molecule has 1 amide bonds. The van der Waals surface area contributed by atoms with Crippen molar-refractivity contribution in [1.29, 1.82) is 0 Å². The van der Waals surface area contributed by atoms with E-state index in [9.17, 15) is 14.7 Å². The lowest BCUT2D eigenvalue weighted by Gasteiger charge is -2.27. The number of rotatable bonds is 6. The van der Waals surface area contributed by atoms with Gasteiger partial charge in [-0.1, -0.05) is 38.8 Å². The number of anilines is 1. The molecule has 0 saturated heterocycles. The maximum Gasteiger partial charge on any atom is 0.307 e. The minimum Gasteiger partial charge on any atom is -0.491 e. The van der Waals surface area contributed by atoms with Crippen molar-refractivity contribution in [1.82, 2.24) is 0 Å². The summed E-state index contributed by atoms with van der Waals surface area (Å²) in [5.74, 6) is -1.16. The summed E-state index contributed by atoms with van der Waals surface area (Å²) in [5.41, 5.74) is 0.605. The molecule has 23 heavy (non-hydrogen) atoms. The lowest BCUT2D eigenvalue weighted by Crippen LogP contribution is -2.36. The van der Waals surface area contributed by atoms with Crippen molar-refractivity contribution >= 4 is 17.6 Å². The molecule has 0 heterocycles. The molecule has 1 fully saturated rings. The van der Waals surface area contributed by atoms with Gasteiger partial charge in [-0.05, 0) is 30.9 Å². The molecule has 0 radical (unpaired) electrons. The van der Waals surface area contributed by atoms with Gasteiger partial charge in [0.05, 0.1) is 24.1 Å². The first-order valence-corrected chi connectivity index (χ1v) is 8.24. The Morgan fingerprint density at radius 2 is 1.87 bits per heavy atom. The number of nitrogens with one attached hydrogen (secondary N) is 1. The molecule has 2 atom stereocenters. The van der Waals surface area contributed by atoms with Crippen molar-refractivity contribution < 1.29 is 19.4 Å². The average Bonchev–Trinajstić information content (AvgIpc) is 2.53. The van der Waals surface area contributed by atoms with Gasteiger partial charge in [-0.15, -0.1) is 0 Å². The Morgan fingerprint density at radius 1 is 1.22 bits per heavy atom. The number of ether oxygens (including phenoxy) is 1. The lowest BCUT2D eigenvalue weighted by atomic mass is 9.78. The molecule has 0 aromatic heterocycles. The molecule has 5 nitrogen and oxygen atoms in total. The summed E-state index contributed by atoms with van der Waals surface area (Å²) in [6.07, 6.45) is 2.96. The van der Waals surface area contributed by atoms with Crippen LogP contribution in [0.15, 0.2) is 24.3 Å². The molecule has 1 aromatic carbocycles. The molecule has 126 valence electrons. The van der Waals surface area contributed by atoms with Gasteiger partial charge >= 0.3 is 5.97 Å². The van der Waals surface area contributed by atoms with E-state index in [1.165, 1.54) is 0 Å². The summed E-state index contributed by atoms with van der Waals surface area (Å²) in [6.45, 7) is 4.68. The third-order valence-electron chi connectivity index (χ3n) is 4.14. The third-order valence-corrected chi connectivity index (χ3v) is 4.14. The fourth-order valence-electron chi connectivity index (χ4n) is 2.92. The molecule has 5 heteroatoms. The van der Waals surface area contributed by atoms with Gasteiger partial charge < -0.3 is 15.2 Å². The van der Waals surface area contributed by atoms with Crippen LogP contribution in [-0.2, 0) is 9.59 Å². The van der Waals surface area contributed by atoms with Gasteiger partial charge in [-0.2, -0.15) is 0 Å². The van der Waals surface area contributed by atoms with Crippen molar-refractivity contribution in [3.63, 3.8) is 0 Å². The second-order valence-electron chi connectivity index (χ2n) is 6.53. The lowest BCUT2D eigenvalue weighted by molar-refractivity contribution is -0.147. The predicted octanol–water partition coefficient (Wildman–Crippen LogP) is 3.55. The second-order valence-corrected chi connectivity index (χ2v) is 6.53. The van der Waals surface area contributed by atoms with Crippen LogP contribution in [0.3, 0.4) is 0 Å². The van der Waals surface area contributed by atoms with Crippen molar-refractivity contribution in [2.75, 3.05) is 11.9 Å². The van der Waals surface area contributed by atoms with Crippen LogP contribution in [0.25, 0.3) is 0 Å². The van der Waals surface area contributed by atoms with E-state index in [2.05, 4.69) is 19.2 Å². The average molecular weight is 319 g/mol. The van der Waals surface area contributed by atoms with E-state index in [0.717, 1.165) is 12.8 Å². The van der Waals surface area contributed by atoms with Crippen molar-refractivity contribution in [2.24, 2.45) is 17.8 Å². The zero-order valence-corrected chi connectivity index (χ0v) is 13.7. The van der Waals surface area contributed by atoms with Crippen LogP contribution in [0.5, 0.6) is 5.75 Å². The van der Waals surface area contributed by atoms with E-state index in [1.54, 1.807) is 6.07 Å². The number of carbonyl (C=O) groups is 2. The topological polar surface area (TPSA) is 75.6 Å². The van der Waals surface area contributed by atoms with Gasteiger partial charge in [-0.3, -0.25) is 9.59 Å². The maximum atomic E-state index is 12.5. The van der Waals surface area contributed by atoms with Crippen LogP contribution in [0.4, 0.5) is 5.69 Å². The number of carboxylic acids is 1. The normalized spacial score (nSPS) is 21.0. The molecule has 0 spiro atoms. The number of carboxylic acid groups (broad SMARTS) is 1. The molecule has 1 aliphatic rings. The molecule has 2 rings (SSSR count). The largest absolute Gasteiger partial charge is 0.491 e. The first-order chi connectivity index (χ1) is 11.0. The van der Waals surface area contributed by atoms with Crippen LogP contribution in [-0.4, -0.2) is 23.6 Å². The van der Waals surface area contributed by atoms with E-state index in [-0.39, 0.29) is 5.91 Å². The highest BCUT2D eigenvalue weighted by Gasteiger charge is 2.35. The number of amides is 1. The van der Waals surface area contributed by atoms with E-state index in [4.69, 9.17) is 4.74 Å². The van der Waals surface area contributed by atoms with Crippen LogP contribution in [0.1, 0.15) is 39.5 Å². The Bertz CT molecular complexity index is 556. The van der Waals surface area contributed by atoms with E-state index in [1.807, 2.05) is 18.2 Å². The molecule has 0 aliphatic heterocycles. The van der Waals surface area contributed by atoms with Crippen LogP contribution in [0, 0.1) is 17.8 Å². The smallest absolute Gasteiger partial charge is 0.307 e. The molecule has 0 unspecified atom stereocenters. The van der Waals surface area contributed by atoms with E-state index >= 15 is 0 Å². The van der Waals surface area contributed by atoms with Gasteiger partial charge in [0, 0.05) is 0 Å².